The molecule has 0 aliphatic carbocycles. The maximum atomic E-state index is 5.10. The van der Waals surface area contributed by atoms with Crippen molar-refractivity contribution < 1.29 is 0 Å². The first-order valence-electron chi connectivity index (χ1n) is 17.2. The Kier molecular flexibility index (Phi) is 9.70. The Labute approximate surface area is 295 Å². The minimum absolute atomic E-state index is 0.244. The number of amidine groups is 2. The quantitative estimate of drug-likeness (QED) is 0.148. The second-order valence-corrected chi connectivity index (χ2v) is 12.5. The van der Waals surface area contributed by atoms with Crippen LogP contribution in [0.4, 0.5) is 0 Å². The predicted molar refractivity (Wildman–Crippen MR) is 211 cm³/mol. The Morgan fingerprint density at radius 1 is 0.640 bits per heavy atom. The molecule has 4 heteroatoms. The average Bonchev–Trinajstić information content (AvgIpc) is 3.19. The van der Waals surface area contributed by atoms with Crippen LogP contribution in [0.15, 0.2) is 179 Å². The molecule has 0 saturated carbocycles. The summed E-state index contributed by atoms with van der Waals surface area (Å²) in [7, 11) is 0. The van der Waals surface area contributed by atoms with Crippen molar-refractivity contribution in [3.8, 4) is 22.3 Å². The molecule has 1 heterocycles. The van der Waals surface area contributed by atoms with Gasteiger partial charge in [-0.1, -0.05) is 159 Å². The normalized spacial score (nSPS) is 14.4. The van der Waals surface area contributed by atoms with Crippen LogP contribution in [0, 0.1) is 0 Å². The summed E-state index contributed by atoms with van der Waals surface area (Å²) in [5.41, 5.74) is 12.9. The molecule has 1 aliphatic heterocycles. The van der Waals surface area contributed by atoms with Crippen LogP contribution in [0.25, 0.3) is 28.0 Å². The lowest BCUT2D eigenvalue weighted by Crippen LogP contribution is -2.33. The lowest BCUT2D eigenvalue weighted by Gasteiger charge is -2.23. The van der Waals surface area contributed by atoms with Crippen LogP contribution < -0.4 is 5.32 Å². The van der Waals surface area contributed by atoms with Gasteiger partial charge >= 0.3 is 0 Å². The van der Waals surface area contributed by atoms with Gasteiger partial charge in [0, 0.05) is 16.8 Å². The van der Waals surface area contributed by atoms with Gasteiger partial charge in [-0.2, -0.15) is 0 Å². The minimum Gasteiger partial charge on any atom is -0.344 e. The molecule has 1 atom stereocenters. The maximum absolute atomic E-state index is 5.10. The van der Waals surface area contributed by atoms with Gasteiger partial charge in [0.05, 0.1) is 5.70 Å². The Morgan fingerprint density at radius 3 is 2.02 bits per heavy atom. The second kappa shape index (κ2) is 15.0. The number of rotatable bonds is 10. The van der Waals surface area contributed by atoms with Crippen LogP contribution in [0.5, 0.6) is 0 Å². The number of nitrogens with zero attached hydrogens (tertiary/aromatic N) is 3. The topological polar surface area (TPSA) is 49.1 Å². The molecule has 0 radical (unpaired) electrons. The highest BCUT2D eigenvalue weighted by Crippen LogP contribution is 2.32. The van der Waals surface area contributed by atoms with Gasteiger partial charge in [0.1, 0.15) is 12.0 Å². The third kappa shape index (κ3) is 7.30. The minimum atomic E-state index is -0.244. The molecular weight excluding hydrogens is 609 g/mol. The molecule has 7 rings (SSSR count). The van der Waals surface area contributed by atoms with E-state index in [0.717, 1.165) is 69.0 Å². The summed E-state index contributed by atoms with van der Waals surface area (Å²) >= 11 is 0. The van der Waals surface area contributed by atoms with E-state index < -0.39 is 0 Å². The van der Waals surface area contributed by atoms with E-state index in [1.807, 2.05) is 66.7 Å². The molecular formula is C46H40N4. The lowest BCUT2D eigenvalue weighted by molar-refractivity contribution is 0.674. The summed E-state index contributed by atoms with van der Waals surface area (Å²) in [6.45, 7) is 8.51. The first-order valence-corrected chi connectivity index (χ1v) is 17.2. The van der Waals surface area contributed by atoms with E-state index in [1.165, 1.54) is 16.7 Å². The van der Waals surface area contributed by atoms with Crippen molar-refractivity contribution in [3.63, 3.8) is 0 Å². The average molecular weight is 649 g/mol. The zero-order chi connectivity index (χ0) is 34.3. The molecule has 0 amide bonds. The van der Waals surface area contributed by atoms with E-state index in [9.17, 15) is 0 Å². The van der Waals surface area contributed by atoms with Crippen LogP contribution in [-0.2, 0) is 6.42 Å². The van der Waals surface area contributed by atoms with Crippen LogP contribution >= 0.6 is 0 Å². The van der Waals surface area contributed by atoms with Crippen molar-refractivity contribution in [2.75, 3.05) is 0 Å². The number of aliphatic imine (C=N–C) groups is 3. The smallest absolute Gasteiger partial charge is 0.159 e. The Morgan fingerprint density at radius 2 is 1.26 bits per heavy atom. The van der Waals surface area contributed by atoms with Crippen LogP contribution in [-0.4, -0.2) is 17.4 Å². The Balaban J connectivity index is 1.25. The molecule has 244 valence electrons. The fourth-order valence-corrected chi connectivity index (χ4v) is 6.35. The largest absolute Gasteiger partial charge is 0.344 e. The van der Waals surface area contributed by atoms with Crippen LogP contribution in [0.2, 0.25) is 0 Å². The van der Waals surface area contributed by atoms with Crippen molar-refractivity contribution in [3.05, 3.63) is 198 Å². The maximum Gasteiger partial charge on any atom is 0.159 e. The van der Waals surface area contributed by atoms with Gasteiger partial charge in [-0.3, -0.25) is 4.99 Å². The van der Waals surface area contributed by atoms with Crippen molar-refractivity contribution in [1.82, 2.24) is 5.32 Å². The van der Waals surface area contributed by atoms with E-state index in [-0.39, 0.29) is 6.17 Å². The number of hydrogen-bond donors (Lipinski definition) is 1. The molecule has 0 aromatic heterocycles. The standard InChI is InChI=1S/C46H40N4/c1-4-16-35-27-28-40(31-43(35)41-25-14-23-38(29-41)33(3)47-32(2)34-17-8-5-9-18-34)39-24-15-26-42(30-39)46-49-44(36-19-10-6-11-20-36)48-45(50-46)37-21-12-7-13-22-37/h5-15,17-31,44H,2,4,16H2,1,3H3,(H,48,49,50). The second-order valence-electron chi connectivity index (χ2n) is 12.5. The van der Waals surface area contributed by atoms with Gasteiger partial charge in [0.2, 0.25) is 0 Å². The highest BCUT2D eigenvalue weighted by molar-refractivity contribution is 6.13. The summed E-state index contributed by atoms with van der Waals surface area (Å²) in [5.74, 6) is 1.52. The van der Waals surface area contributed by atoms with Crippen molar-refractivity contribution >= 4 is 23.1 Å². The van der Waals surface area contributed by atoms with E-state index in [0.29, 0.717) is 5.84 Å². The van der Waals surface area contributed by atoms with Gasteiger partial charge in [0.15, 0.2) is 5.84 Å². The number of benzene rings is 6. The molecule has 1 aliphatic rings. The van der Waals surface area contributed by atoms with Crippen molar-refractivity contribution in [2.45, 2.75) is 32.9 Å². The molecule has 0 fully saturated rings. The molecule has 4 nitrogen and oxygen atoms in total. The molecule has 0 saturated heterocycles. The predicted octanol–water partition coefficient (Wildman–Crippen LogP) is 10.9. The molecule has 1 unspecified atom stereocenters. The third-order valence-corrected chi connectivity index (χ3v) is 8.99. The molecule has 50 heavy (non-hydrogen) atoms. The molecule has 1 N–H and O–H groups in total. The lowest BCUT2D eigenvalue weighted by atomic mass is 9.91. The number of aryl methyl sites for hydroxylation is 1. The van der Waals surface area contributed by atoms with Crippen LogP contribution in [0.3, 0.4) is 0 Å². The van der Waals surface area contributed by atoms with E-state index in [1.54, 1.807) is 0 Å². The molecule has 0 spiro atoms. The highest BCUT2D eigenvalue weighted by Gasteiger charge is 2.21. The summed E-state index contributed by atoms with van der Waals surface area (Å²) in [5, 5.41) is 3.56. The Bertz CT molecular complexity index is 2210. The summed E-state index contributed by atoms with van der Waals surface area (Å²) in [6.07, 6.45) is 1.82. The monoisotopic (exact) mass is 648 g/mol. The zero-order valence-electron chi connectivity index (χ0n) is 28.6. The highest BCUT2D eigenvalue weighted by atomic mass is 15.2. The van der Waals surface area contributed by atoms with E-state index in [2.05, 4.69) is 117 Å². The van der Waals surface area contributed by atoms with Gasteiger partial charge in [-0.15, -0.1) is 0 Å². The van der Waals surface area contributed by atoms with Crippen molar-refractivity contribution in [2.24, 2.45) is 15.0 Å². The molecule has 6 aromatic carbocycles. The fraction of sp³-hybridized carbons (Fsp3) is 0.109. The summed E-state index contributed by atoms with van der Waals surface area (Å²) < 4.78 is 0. The number of nitrogens with one attached hydrogen (secondary N) is 1. The zero-order valence-corrected chi connectivity index (χ0v) is 28.6. The van der Waals surface area contributed by atoms with Gasteiger partial charge in [0.25, 0.3) is 0 Å². The third-order valence-electron chi connectivity index (χ3n) is 8.99. The summed E-state index contributed by atoms with van der Waals surface area (Å²) in [6, 6.07) is 54.8. The van der Waals surface area contributed by atoms with Crippen LogP contribution in [0.1, 0.15) is 59.8 Å². The van der Waals surface area contributed by atoms with Crippen molar-refractivity contribution in [1.29, 1.82) is 0 Å². The van der Waals surface area contributed by atoms with E-state index >= 15 is 0 Å². The van der Waals surface area contributed by atoms with Gasteiger partial charge in [-0.05, 0) is 76.1 Å². The fourth-order valence-electron chi connectivity index (χ4n) is 6.35. The first kappa shape index (κ1) is 32.4. The van der Waals surface area contributed by atoms with E-state index in [4.69, 9.17) is 15.0 Å². The molecule has 6 aromatic rings. The Hall–Kier alpha value is -6.13. The summed E-state index contributed by atoms with van der Waals surface area (Å²) in [4.78, 5) is 15.0. The van der Waals surface area contributed by atoms with Gasteiger partial charge in [-0.25, -0.2) is 9.98 Å². The first-order chi connectivity index (χ1) is 24.6. The van der Waals surface area contributed by atoms with Gasteiger partial charge < -0.3 is 5.32 Å². The molecule has 0 bridgehead atoms. The SMILES string of the molecule is C=C(N=C(C)c1cccc(-c2cc(-c3cccc(C4=NC(c5ccccc5)NC(c5ccccc5)=N4)c3)ccc2CCC)c1)c1ccccc1. The number of hydrogen-bond acceptors (Lipinski definition) is 4.